The van der Waals surface area contributed by atoms with Crippen LogP contribution in [-0.4, -0.2) is 22.2 Å². The van der Waals surface area contributed by atoms with Crippen molar-refractivity contribution in [1.82, 2.24) is 14.5 Å². The zero-order valence-corrected chi connectivity index (χ0v) is 13.7. The minimum absolute atomic E-state index is 0.01000. The number of pyridine rings is 1. The van der Waals surface area contributed by atoms with Crippen LogP contribution in [0.4, 0.5) is 0 Å². The maximum absolute atomic E-state index is 12.4. The van der Waals surface area contributed by atoms with Crippen LogP contribution in [0.5, 0.6) is 5.75 Å². The van der Waals surface area contributed by atoms with Crippen LogP contribution < -0.4 is 15.6 Å². The minimum atomic E-state index is -0.214. The summed E-state index contributed by atoms with van der Waals surface area (Å²) in [7, 11) is 3.42. The highest BCUT2D eigenvalue weighted by atomic mass is 16.5. The third-order valence-electron chi connectivity index (χ3n) is 3.94. The van der Waals surface area contributed by atoms with Gasteiger partial charge in [0.1, 0.15) is 17.8 Å². The average Bonchev–Trinajstić information content (AvgIpc) is 2.97. The molecule has 3 rings (SSSR count). The second kappa shape index (κ2) is 6.62. The molecule has 0 bridgehead atoms. The number of ether oxygens (including phenoxy) is 1. The normalized spacial score (nSPS) is 10.8. The number of nitrogens with one attached hydrogen (secondary N) is 1. The Labute approximate surface area is 139 Å². The summed E-state index contributed by atoms with van der Waals surface area (Å²) in [6.45, 7) is 0.376. The van der Waals surface area contributed by atoms with Crippen molar-refractivity contribution in [1.29, 1.82) is 0 Å². The molecule has 6 heteroatoms. The van der Waals surface area contributed by atoms with Crippen molar-refractivity contribution < 1.29 is 9.53 Å². The van der Waals surface area contributed by atoms with Gasteiger partial charge < -0.3 is 19.2 Å². The molecule has 0 aliphatic rings. The first kappa shape index (κ1) is 15.9. The van der Waals surface area contributed by atoms with Gasteiger partial charge in [0, 0.05) is 31.4 Å². The molecule has 6 nitrogen and oxygen atoms in total. The van der Waals surface area contributed by atoms with Crippen molar-refractivity contribution in [2.45, 2.75) is 13.1 Å². The predicted molar refractivity (Wildman–Crippen MR) is 92.0 cm³/mol. The van der Waals surface area contributed by atoms with Crippen molar-refractivity contribution in [2.24, 2.45) is 7.05 Å². The van der Waals surface area contributed by atoms with Crippen LogP contribution in [0, 0.1) is 0 Å². The first-order valence-electron chi connectivity index (χ1n) is 7.62. The van der Waals surface area contributed by atoms with Crippen LogP contribution in [0.3, 0.4) is 0 Å². The Kier molecular flexibility index (Phi) is 4.37. The molecule has 24 heavy (non-hydrogen) atoms. The highest BCUT2D eigenvalue weighted by Gasteiger charge is 2.09. The van der Waals surface area contributed by atoms with Gasteiger partial charge in [-0.3, -0.25) is 9.59 Å². The summed E-state index contributed by atoms with van der Waals surface area (Å²) in [5.41, 5.74) is 1.36. The van der Waals surface area contributed by atoms with Gasteiger partial charge >= 0.3 is 0 Å². The van der Waals surface area contributed by atoms with Crippen molar-refractivity contribution in [2.75, 3.05) is 7.11 Å². The fourth-order valence-electron chi connectivity index (χ4n) is 2.65. The van der Waals surface area contributed by atoms with Crippen LogP contribution in [0.1, 0.15) is 5.56 Å². The molecule has 0 saturated heterocycles. The second-order valence-corrected chi connectivity index (χ2v) is 5.61. The summed E-state index contributed by atoms with van der Waals surface area (Å²) in [6, 6.07) is 11.2. The third-order valence-corrected chi connectivity index (χ3v) is 3.94. The highest BCUT2D eigenvalue weighted by Crippen LogP contribution is 2.12. The Morgan fingerprint density at radius 1 is 1.21 bits per heavy atom. The number of carbonyl (C=O) groups excluding carboxylic acids is 1. The van der Waals surface area contributed by atoms with Crippen molar-refractivity contribution in [3.8, 4) is 5.75 Å². The summed E-state index contributed by atoms with van der Waals surface area (Å²) < 4.78 is 8.34. The summed E-state index contributed by atoms with van der Waals surface area (Å²) in [6.07, 6.45) is 3.48. The number of carbonyl (C=O) groups is 1. The Morgan fingerprint density at radius 3 is 2.79 bits per heavy atom. The summed E-state index contributed by atoms with van der Waals surface area (Å²) in [5.74, 6) is 0.528. The molecule has 0 unspecified atom stereocenters. The van der Waals surface area contributed by atoms with Crippen molar-refractivity contribution in [3.63, 3.8) is 0 Å². The molecular formula is C18H19N3O3. The monoisotopic (exact) mass is 325 g/mol. The molecule has 1 aromatic carbocycles. The van der Waals surface area contributed by atoms with Crippen LogP contribution in [0.2, 0.25) is 0 Å². The van der Waals surface area contributed by atoms with E-state index in [1.165, 1.54) is 4.57 Å². The Bertz CT molecular complexity index is 940. The molecule has 0 fully saturated rings. The zero-order chi connectivity index (χ0) is 17.1. The van der Waals surface area contributed by atoms with Crippen LogP contribution >= 0.6 is 0 Å². The smallest absolute Gasteiger partial charge is 0.275 e. The third kappa shape index (κ3) is 3.17. The Hall–Kier alpha value is -3.02. The fourth-order valence-corrected chi connectivity index (χ4v) is 2.65. The molecule has 0 aliphatic carbocycles. The molecule has 1 N–H and O–H groups in total. The first-order valence-corrected chi connectivity index (χ1v) is 7.62. The van der Waals surface area contributed by atoms with Crippen LogP contribution in [0.25, 0.3) is 10.9 Å². The lowest BCUT2D eigenvalue weighted by atomic mass is 10.2. The zero-order valence-electron chi connectivity index (χ0n) is 13.7. The molecule has 0 saturated carbocycles. The maximum atomic E-state index is 12.4. The molecule has 2 aromatic heterocycles. The van der Waals surface area contributed by atoms with E-state index in [1.807, 2.05) is 49.6 Å². The van der Waals surface area contributed by atoms with Gasteiger partial charge in [-0.05, 0) is 29.8 Å². The number of nitrogens with zero attached hydrogens (tertiary/aromatic N) is 2. The Morgan fingerprint density at radius 2 is 2.00 bits per heavy atom. The molecular weight excluding hydrogens is 306 g/mol. The number of hydrogen-bond acceptors (Lipinski definition) is 3. The summed E-state index contributed by atoms with van der Waals surface area (Å²) >= 11 is 0. The predicted octanol–water partition coefficient (Wildman–Crippen LogP) is 1.67. The van der Waals surface area contributed by atoms with E-state index in [9.17, 15) is 9.59 Å². The van der Waals surface area contributed by atoms with E-state index in [-0.39, 0.29) is 18.0 Å². The SMILES string of the molecule is COc1cccc(CNC(=O)Cn2ccc3ccn(C)c3c2=O)c1. The van der Waals surface area contributed by atoms with Gasteiger partial charge in [0.15, 0.2) is 0 Å². The van der Waals surface area contributed by atoms with E-state index >= 15 is 0 Å². The van der Waals surface area contributed by atoms with E-state index in [0.29, 0.717) is 12.1 Å². The van der Waals surface area contributed by atoms with Gasteiger partial charge in [0.05, 0.1) is 7.11 Å². The molecule has 2 heterocycles. The Balaban J connectivity index is 1.70. The molecule has 0 atom stereocenters. The van der Waals surface area contributed by atoms with Crippen molar-refractivity contribution >= 4 is 16.8 Å². The number of aromatic nitrogens is 2. The molecule has 0 aliphatic heterocycles. The fraction of sp³-hybridized carbons (Fsp3) is 0.222. The lowest BCUT2D eigenvalue weighted by Gasteiger charge is -2.09. The van der Waals surface area contributed by atoms with E-state index in [2.05, 4.69) is 5.32 Å². The number of amides is 1. The summed E-state index contributed by atoms with van der Waals surface area (Å²) in [4.78, 5) is 24.6. The lowest BCUT2D eigenvalue weighted by Crippen LogP contribution is -2.32. The van der Waals surface area contributed by atoms with Crippen LogP contribution in [-0.2, 0) is 24.9 Å². The van der Waals surface area contributed by atoms with Gasteiger partial charge in [-0.15, -0.1) is 0 Å². The van der Waals surface area contributed by atoms with Gasteiger partial charge in [0.25, 0.3) is 5.56 Å². The average molecular weight is 325 g/mol. The van der Waals surface area contributed by atoms with E-state index in [4.69, 9.17) is 4.74 Å². The molecule has 0 spiro atoms. The standard InChI is InChI=1S/C18H19N3O3/c1-20-8-6-14-7-9-21(18(23)17(14)20)12-16(22)19-11-13-4-3-5-15(10-13)24-2/h3-10H,11-12H2,1-2H3,(H,19,22). The number of hydrogen-bond donors (Lipinski definition) is 1. The number of rotatable bonds is 5. The molecule has 124 valence electrons. The van der Waals surface area contributed by atoms with E-state index in [0.717, 1.165) is 16.7 Å². The van der Waals surface area contributed by atoms with E-state index < -0.39 is 0 Å². The number of aryl methyl sites for hydroxylation is 1. The second-order valence-electron chi connectivity index (χ2n) is 5.61. The van der Waals surface area contributed by atoms with Gasteiger partial charge in [0.2, 0.25) is 5.91 Å². The van der Waals surface area contributed by atoms with E-state index in [1.54, 1.807) is 17.9 Å². The topological polar surface area (TPSA) is 65.3 Å². The lowest BCUT2D eigenvalue weighted by molar-refractivity contribution is -0.121. The quantitative estimate of drug-likeness (QED) is 0.776. The van der Waals surface area contributed by atoms with Gasteiger partial charge in [-0.25, -0.2) is 0 Å². The van der Waals surface area contributed by atoms with Crippen LogP contribution in [0.15, 0.2) is 53.6 Å². The summed E-state index contributed by atoms with van der Waals surface area (Å²) in [5, 5.41) is 3.69. The molecule has 0 radical (unpaired) electrons. The van der Waals surface area contributed by atoms with Gasteiger partial charge in [-0.1, -0.05) is 12.1 Å². The largest absolute Gasteiger partial charge is 0.497 e. The molecule has 1 amide bonds. The number of fused-ring (bicyclic) bond motifs is 1. The van der Waals surface area contributed by atoms with Gasteiger partial charge in [-0.2, -0.15) is 0 Å². The maximum Gasteiger partial charge on any atom is 0.275 e. The van der Waals surface area contributed by atoms with Crippen molar-refractivity contribution in [3.05, 3.63) is 64.7 Å². The first-order chi connectivity index (χ1) is 11.6. The molecule has 3 aromatic rings. The highest BCUT2D eigenvalue weighted by molar-refractivity contribution is 5.80. The number of methoxy groups -OCH3 is 1. The minimum Gasteiger partial charge on any atom is -0.497 e. The number of benzene rings is 1.